The smallest absolute Gasteiger partial charge is 0.269 e. The van der Waals surface area contributed by atoms with Gasteiger partial charge in [0.15, 0.2) is 0 Å². The van der Waals surface area contributed by atoms with E-state index in [4.69, 9.17) is 9.47 Å². The molecule has 0 atom stereocenters. The Morgan fingerprint density at radius 1 is 0.340 bits per heavy atom. The van der Waals surface area contributed by atoms with Crippen LogP contribution in [0.25, 0.3) is 87.9 Å². The van der Waals surface area contributed by atoms with Crippen LogP contribution in [0.3, 0.4) is 0 Å². The first-order valence-corrected chi connectivity index (χ1v) is 38.0. The monoisotopic (exact) mass is 1400 g/mol. The van der Waals surface area contributed by atoms with Gasteiger partial charge in [0.25, 0.3) is 6.08 Å². The molecule has 14 rings (SSSR count). The number of unbranched alkanes of at least 4 members (excludes halogenated alkanes) is 4. The van der Waals surface area contributed by atoms with Gasteiger partial charge in [-0.2, -0.15) is 8.78 Å². The second kappa shape index (κ2) is 36.4. The maximum Gasteiger partial charge on any atom is 0.269 e. The first-order valence-electron chi connectivity index (χ1n) is 38.0. The molecule has 1 aliphatic rings. The molecule has 538 valence electrons. The van der Waals surface area contributed by atoms with Crippen molar-refractivity contribution in [2.75, 3.05) is 13.2 Å². The minimum absolute atomic E-state index is 0.169. The maximum atomic E-state index is 12.2. The predicted octanol–water partition coefficient (Wildman–Crippen LogP) is 28.3. The Labute approximate surface area is 629 Å². The first kappa shape index (κ1) is 76.4. The van der Waals surface area contributed by atoms with Gasteiger partial charge in [0.2, 0.25) is 0 Å². The molecule has 106 heavy (non-hydrogen) atoms. The molecule has 2 nitrogen and oxygen atoms in total. The van der Waals surface area contributed by atoms with Gasteiger partial charge in [0, 0.05) is 16.8 Å². The van der Waals surface area contributed by atoms with Gasteiger partial charge < -0.3 is 9.47 Å². The summed E-state index contributed by atoms with van der Waals surface area (Å²) in [7, 11) is 0. The minimum atomic E-state index is -1.75. The van der Waals surface area contributed by atoms with Crippen LogP contribution in [0.5, 0.6) is 11.5 Å². The summed E-state index contributed by atoms with van der Waals surface area (Å²) in [6, 6.07) is 71.4. The highest BCUT2D eigenvalue weighted by Crippen LogP contribution is 2.40. The third-order valence-electron chi connectivity index (χ3n) is 21.0. The molecule has 0 unspecified atom stereocenters. The first-order chi connectivity index (χ1) is 51.4. The van der Waals surface area contributed by atoms with Crippen molar-refractivity contribution in [2.45, 2.75) is 145 Å². The van der Waals surface area contributed by atoms with Gasteiger partial charge in [-0.3, -0.25) is 0 Å². The van der Waals surface area contributed by atoms with Gasteiger partial charge in [-0.1, -0.05) is 236 Å². The lowest BCUT2D eigenvalue weighted by atomic mass is 9.85. The Hall–Kier alpha value is -10.7. The summed E-state index contributed by atoms with van der Waals surface area (Å²) < 4.78 is 35.5. The van der Waals surface area contributed by atoms with Crippen molar-refractivity contribution in [1.29, 1.82) is 0 Å². The SMILES string of the molecule is C=CCCCCc1c(CCCCC=C)c2cc(C)ccc2c2ccc(C)cc12.C=CCOc1cc(C)cc2c(OCC=C(F)F)cc(C)cc12.C=Cc1ccc(CCc2cc(C)cc3c(CCc4ccc(C=C)cc4)cc(C)cc23)cc1.Cc1c2ccccc2c(C)c2cc(-c3ccc4c(c3)CC4)ccc12. The maximum absolute atomic E-state index is 12.2. The number of ether oxygens (including phenoxy) is 2. The number of hydrogen-bond donors (Lipinski definition) is 0. The summed E-state index contributed by atoms with van der Waals surface area (Å²) in [4.78, 5) is 0. The van der Waals surface area contributed by atoms with Crippen LogP contribution in [-0.4, -0.2) is 13.2 Å². The number of aryl methyl sites for hydroxylation is 16. The summed E-state index contributed by atoms with van der Waals surface area (Å²) in [5.41, 5.74) is 27.0. The van der Waals surface area contributed by atoms with E-state index in [1.54, 1.807) is 17.2 Å². The number of allylic oxidation sites excluding steroid dienone is 2. The molecule has 0 amide bonds. The van der Waals surface area contributed by atoms with E-state index in [0.29, 0.717) is 12.4 Å². The zero-order valence-electron chi connectivity index (χ0n) is 63.9. The van der Waals surface area contributed by atoms with Crippen LogP contribution in [0.2, 0.25) is 0 Å². The zero-order chi connectivity index (χ0) is 74.8. The van der Waals surface area contributed by atoms with Crippen molar-refractivity contribution in [3.63, 3.8) is 0 Å². The molecular weight excluding hydrogens is 1300 g/mol. The molecular formula is C102H104F2O2. The minimum Gasteiger partial charge on any atom is -0.489 e. The highest BCUT2D eigenvalue weighted by atomic mass is 19.3. The standard InChI is InChI=1S/C32H32.C28H34.C24H20.C18H18F2O2/c1-5-25-7-11-27(12-8-25)15-17-29-19-23(3)22-32-30(20-24(4)21-31(29)32)18-16-28-13-9-26(6-2)10-14-28;1-5-7-9-11-13-23-24(14-12-10-8-6-2)28-20-22(4)16-18-26(28)25-17-15-21(3)19-27(23)25;1-15-21-5-3-4-6-22(21)16(2)24-14-20(11-12-23(15)24)19-10-8-17-7-9-18(17)13-19;1-4-6-21-16-10-12(2)9-15-14(16)8-13(3)11-17(15)22-7-5-18(19)20/h5-14,19-22H,1-2,15-18H2,3-4H3;5-6,15-20H,1-2,7-14H2,3-4H3;3-6,8,10-14H,7,9H2,1-2H3;4-5,8-11H,1,6-7H2,2-3H3. The van der Waals surface area contributed by atoms with E-state index in [1.165, 1.54) is 181 Å². The largest absolute Gasteiger partial charge is 0.489 e. The fraction of sp³-hybridized carbons (Fsp3) is 0.235. The number of benzene rings is 13. The van der Waals surface area contributed by atoms with Crippen molar-refractivity contribution < 1.29 is 18.3 Å². The van der Waals surface area contributed by atoms with Crippen LogP contribution in [0.1, 0.15) is 139 Å². The molecule has 0 saturated heterocycles. The van der Waals surface area contributed by atoms with Gasteiger partial charge in [-0.25, -0.2) is 0 Å². The Morgan fingerprint density at radius 2 is 0.764 bits per heavy atom. The molecule has 0 aliphatic heterocycles. The molecule has 0 spiro atoms. The summed E-state index contributed by atoms with van der Waals surface area (Å²) in [5.74, 6) is 1.30. The highest BCUT2D eigenvalue weighted by Gasteiger charge is 2.19. The normalized spacial score (nSPS) is 11.4. The molecule has 13 aromatic carbocycles. The number of halogens is 2. The third kappa shape index (κ3) is 18.9. The van der Waals surface area contributed by atoms with Gasteiger partial charge in [-0.05, 0) is 318 Å². The number of rotatable bonds is 25. The van der Waals surface area contributed by atoms with Gasteiger partial charge in [0.05, 0.1) is 0 Å². The molecule has 1 aliphatic carbocycles. The topological polar surface area (TPSA) is 18.5 Å². The van der Waals surface area contributed by atoms with E-state index >= 15 is 0 Å². The van der Waals surface area contributed by atoms with Crippen molar-refractivity contribution in [3.8, 4) is 22.6 Å². The second-order valence-electron chi connectivity index (χ2n) is 29.0. The molecule has 0 heterocycles. The van der Waals surface area contributed by atoms with Crippen molar-refractivity contribution in [1.82, 2.24) is 0 Å². The Morgan fingerprint density at radius 3 is 1.22 bits per heavy atom. The van der Waals surface area contributed by atoms with Crippen LogP contribution >= 0.6 is 0 Å². The van der Waals surface area contributed by atoms with Gasteiger partial charge in [0.1, 0.15) is 24.7 Å². The lowest BCUT2D eigenvalue weighted by molar-refractivity contribution is 0.347. The summed E-state index contributed by atoms with van der Waals surface area (Å²) in [6.07, 6.45) is 24.7. The molecule has 0 aromatic heterocycles. The highest BCUT2D eigenvalue weighted by molar-refractivity contribution is 6.11. The van der Waals surface area contributed by atoms with Crippen LogP contribution in [0.4, 0.5) is 8.78 Å². The van der Waals surface area contributed by atoms with Gasteiger partial charge >= 0.3 is 0 Å². The van der Waals surface area contributed by atoms with E-state index in [9.17, 15) is 8.78 Å². The molecule has 0 radical (unpaired) electrons. The summed E-state index contributed by atoms with van der Waals surface area (Å²) in [6.45, 7) is 36.6. The zero-order valence-corrected chi connectivity index (χ0v) is 63.9. The molecule has 0 saturated carbocycles. The fourth-order valence-electron chi connectivity index (χ4n) is 15.3. The van der Waals surface area contributed by atoms with Crippen LogP contribution in [-0.2, 0) is 51.4 Å². The van der Waals surface area contributed by atoms with Crippen molar-refractivity contribution >= 4 is 76.8 Å². The Balaban J connectivity index is 0.000000142. The van der Waals surface area contributed by atoms with Crippen molar-refractivity contribution in [3.05, 3.63) is 358 Å². The van der Waals surface area contributed by atoms with Crippen LogP contribution in [0.15, 0.2) is 257 Å². The second-order valence-corrected chi connectivity index (χ2v) is 29.0. The van der Waals surface area contributed by atoms with Crippen molar-refractivity contribution in [2.24, 2.45) is 0 Å². The quantitative estimate of drug-likeness (QED) is 0.0246. The predicted molar refractivity (Wildman–Crippen MR) is 456 cm³/mol. The average molecular weight is 1400 g/mol. The third-order valence-corrected chi connectivity index (χ3v) is 21.0. The molecule has 0 fully saturated rings. The lowest BCUT2D eigenvalue weighted by Gasteiger charge is -2.20. The Bertz CT molecular complexity index is 5200. The fourth-order valence-corrected chi connectivity index (χ4v) is 15.3. The van der Waals surface area contributed by atoms with E-state index in [-0.39, 0.29) is 6.61 Å². The average Bonchev–Trinajstić information content (AvgIpc) is 0.720. The van der Waals surface area contributed by atoms with Crippen LogP contribution < -0.4 is 9.47 Å². The molecule has 4 heteroatoms. The molecule has 0 N–H and O–H groups in total. The summed E-state index contributed by atoms with van der Waals surface area (Å²) >= 11 is 0. The molecule has 0 bridgehead atoms. The van der Waals surface area contributed by atoms with Crippen LogP contribution in [0, 0.1) is 55.4 Å². The Kier molecular flexibility index (Phi) is 26.2. The lowest BCUT2D eigenvalue weighted by Crippen LogP contribution is -2.07. The van der Waals surface area contributed by atoms with Gasteiger partial charge in [-0.15, -0.1) is 13.2 Å². The summed E-state index contributed by atoms with van der Waals surface area (Å²) in [5, 5.41) is 15.8. The number of fused-ring (bicyclic) bond motifs is 8. The van der Waals surface area contributed by atoms with E-state index < -0.39 is 6.08 Å². The van der Waals surface area contributed by atoms with E-state index in [0.717, 1.165) is 85.1 Å². The number of hydrogen-bond acceptors (Lipinski definition) is 2. The van der Waals surface area contributed by atoms with E-state index in [1.807, 2.05) is 62.4 Å². The van der Waals surface area contributed by atoms with E-state index in [2.05, 4.69) is 244 Å². The molecule has 13 aromatic rings.